The van der Waals surface area contributed by atoms with E-state index in [4.69, 9.17) is 10.5 Å². The zero-order valence-corrected chi connectivity index (χ0v) is 11.4. The van der Waals surface area contributed by atoms with Crippen molar-refractivity contribution in [2.75, 3.05) is 13.7 Å². The average Bonchev–Trinajstić information content (AvgIpc) is 3.25. The molecule has 1 unspecified atom stereocenters. The Balaban J connectivity index is 1.82. The second-order valence-electron chi connectivity index (χ2n) is 6.24. The minimum Gasteiger partial charge on any atom is -0.384 e. The van der Waals surface area contributed by atoms with E-state index in [9.17, 15) is 0 Å². The van der Waals surface area contributed by atoms with Crippen LogP contribution in [0.15, 0.2) is 24.3 Å². The summed E-state index contributed by atoms with van der Waals surface area (Å²) >= 11 is 0. The summed E-state index contributed by atoms with van der Waals surface area (Å²) in [6.07, 6.45) is 5.01. The number of nitrogens with two attached hydrogens (primary N) is 1. The number of rotatable bonds is 5. The predicted molar refractivity (Wildman–Crippen MR) is 73.8 cm³/mol. The second kappa shape index (κ2) is 4.07. The Hall–Kier alpha value is -0.860. The van der Waals surface area contributed by atoms with E-state index in [1.165, 1.54) is 36.8 Å². The summed E-state index contributed by atoms with van der Waals surface area (Å²) in [5.41, 5.74) is 9.58. The van der Waals surface area contributed by atoms with Gasteiger partial charge in [-0.2, -0.15) is 0 Å². The van der Waals surface area contributed by atoms with Crippen molar-refractivity contribution in [2.24, 2.45) is 5.73 Å². The van der Waals surface area contributed by atoms with E-state index >= 15 is 0 Å². The molecule has 2 aliphatic rings. The molecule has 98 valence electrons. The van der Waals surface area contributed by atoms with Gasteiger partial charge in [-0.3, -0.25) is 0 Å². The van der Waals surface area contributed by atoms with Gasteiger partial charge < -0.3 is 10.5 Å². The maximum atomic E-state index is 6.13. The molecule has 2 aliphatic carbocycles. The summed E-state index contributed by atoms with van der Waals surface area (Å²) in [5, 5.41) is 0. The molecule has 1 aromatic rings. The molecule has 0 heterocycles. The Labute approximate surface area is 110 Å². The number of hydrogen-bond donors (Lipinski definition) is 1. The second-order valence-corrected chi connectivity index (χ2v) is 6.24. The van der Waals surface area contributed by atoms with Crippen LogP contribution in [0.3, 0.4) is 0 Å². The normalized spacial score (nSPS) is 24.6. The van der Waals surface area contributed by atoms with Crippen molar-refractivity contribution in [2.45, 2.75) is 49.5 Å². The van der Waals surface area contributed by atoms with E-state index in [0.717, 1.165) is 6.61 Å². The molecule has 2 fully saturated rings. The molecule has 18 heavy (non-hydrogen) atoms. The number of hydrogen-bond acceptors (Lipinski definition) is 2. The Morgan fingerprint density at radius 2 is 1.67 bits per heavy atom. The lowest BCUT2D eigenvalue weighted by molar-refractivity contribution is 0.171. The third-order valence-electron chi connectivity index (χ3n) is 5.01. The summed E-state index contributed by atoms with van der Waals surface area (Å²) in [7, 11) is 1.80. The topological polar surface area (TPSA) is 35.2 Å². The van der Waals surface area contributed by atoms with E-state index in [1.54, 1.807) is 7.11 Å². The molecule has 2 saturated carbocycles. The first-order chi connectivity index (χ1) is 8.63. The summed E-state index contributed by atoms with van der Waals surface area (Å²) < 4.78 is 5.35. The van der Waals surface area contributed by atoms with Crippen LogP contribution >= 0.6 is 0 Å². The van der Waals surface area contributed by atoms with Gasteiger partial charge in [0.05, 0.1) is 6.61 Å². The molecule has 0 radical (unpaired) electrons. The molecule has 1 aromatic carbocycles. The van der Waals surface area contributed by atoms with E-state index in [-0.39, 0.29) is 11.5 Å². The third-order valence-corrected chi connectivity index (χ3v) is 5.01. The lowest BCUT2D eigenvalue weighted by atomic mass is 9.87. The van der Waals surface area contributed by atoms with Crippen molar-refractivity contribution in [1.82, 2.24) is 0 Å². The molecule has 1 atom stereocenters. The molecule has 2 N–H and O–H groups in total. The first kappa shape index (κ1) is 12.2. The molecule has 0 bridgehead atoms. The Morgan fingerprint density at radius 1 is 1.11 bits per heavy atom. The Kier molecular flexibility index (Phi) is 2.76. The van der Waals surface area contributed by atoms with Crippen LogP contribution < -0.4 is 5.73 Å². The van der Waals surface area contributed by atoms with Gasteiger partial charge in [0.15, 0.2) is 0 Å². The zero-order valence-electron chi connectivity index (χ0n) is 11.4. The van der Waals surface area contributed by atoms with Gasteiger partial charge >= 0.3 is 0 Å². The van der Waals surface area contributed by atoms with Crippen molar-refractivity contribution < 1.29 is 4.74 Å². The van der Waals surface area contributed by atoms with Crippen LogP contribution in [0.25, 0.3) is 0 Å². The van der Waals surface area contributed by atoms with Gasteiger partial charge in [-0.15, -0.1) is 0 Å². The Morgan fingerprint density at radius 3 is 2.06 bits per heavy atom. The summed E-state index contributed by atoms with van der Waals surface area (Å²) in [6, 6.07) is 9.44. The SMILES string of the molecule is COCC1(c2ccc(C3(C(C)N)CC3)cc2)CC1. The third kappa shape index (κ3) is 1.79. The maximum Gasteiger partial charge on any atom is 0.0559 e. The van der Waals surface area contributed by atoms with Gasteiger partial charge in [0.1, 0.15) is 0 Å². The van der Waals surface area contributed by atoms with Crippen LogP contribution in [0.4, 0.5) is 0 Å². The lowest BCUT2D eigenvalue weighted by Gasteiger charge is -2.21. The fraction of sp³-hybridized carbons (Fsp3) is 0.625. The highest BCUT2D eigenvalue weighted by Gasteiger charge is 2.48. The van der Waals surface area contributed by atoms with Crippen molar-refractivity contribution in [3.63, 3.8) is 0 Å². The number of benzene rings is 1. The molecule has 2 nitrogen and oxygen atoms in total. The highest BCUT2D eigenvalue weighted by Crippen LogP contribution is 2.52. The van der Waals surface area contributed by atoms with Gasteiger partial charge in [-0.05, 0) is 43.7 Å². The van der Waals surface area contributed by atoms with E-state index in [0.29, 0.717) is 5.41 Å². The largest absolute Gasteiger partial charge is 0.384 e. The van der Waals surface area contributed by atoms with Crippen molar-refractivity contribution >= 4 is 0 Å². The van der Waals surface area contributed by atoms with Crippen molar-refractivity contribution in [3.05, 3.63) is 35.4 Å². The first-order valence-corrected chi connectivity index (χ1v) is 6.99. The van der Waals surface area contributed by atoms with Crippen LogP contribution in [0.5, 0.6) is 0 Å². The average molecular weight is 245 g/mol. The van der Waals surface area contributed by atoms with E-state index in [1.807, 2.05) is 0 Å². The fourth-order valence-electron chi connectivity index (χ4n) is 3.24. The standard InChI is InChI=1S/C16H23NO/c1-12(17)16(9-10-16)14-5-3-13(4-6-14)15(7-8-15)11-18-2/h3-6,12H,7-11,17H2,1-2H3. The van der Waals surface area contributed by atoms with E-state index < -0.39 is 0 Å². The monoisotopic (exact) mass is 245 g/mol. The molecule has 0 aliphatic heterocycles. The highest BCUT2D eigenvalue weighted by atomic mass is 16.5. The minimum absolute atomic E-state index is 0.261. The van der Waals surface area contributed by atoms with Gasteiger partial charge in [0.25, 0.3) is 0 Å². The molecule has 0 amide bonds. The molecule has 3 rings (SSSR count). The van der Waals surface area contributed by atoms with Crippen LogP contribution in [0, 0.1) is 0 Å². The van der Waals surface area contributed by atoms with Gasteiger partial charge in [0.2, 0.25) is 0 Å². The molecule has 0 spiro atoms. The molecular formula is C16H23NO. The Bertz CT molecular complexity index is 427. The molecule has 0 aromatic heterocycles. The first-order valence-electron chi connectivity index (χ1n) is 6.99. The van der Waals surface area contributed by atoms with Crippen LogP contribution in [0.2, 0.25) is 0 Å². The number of ether oxygens (including phenoxy) is 1. The molecule has 0 saturated heterocycles. The van der Waals surface area contributed by atoms with Crippen LogP contribution in [-0.4, -0.2) is 19.8 Å². The van der Waals surface area contributed by atoms with Crippen LogP contribution in [0.1, 0.15) is 43.7 Å². The fourth-order valence-corrected chi connectivity index (χ4v) is 3.24. The number of methoxy groups -OCH3 is 1. The quantitative estimate of drug-likeness (QED) is 0.865. The van der Waals surface area contributed by atoms with Crippen molar-refractivity contribution in [3.8, 4) is 0 Å². The van der Waals surface area contributed by atoms with Gasteiger partial charge in [0, 0.05) is 24.0 Å². The highest BCUT2D eigenvalue weighted by molar-refractivity contribution is 5.39. The molecule has 2 heteroatoms. The summed E-state index contributed by atoms with van der Waals surface area (Å²) in [4.78, 5) is 0. The zero-order chi connectivity index (χ0) is 12.8. The summed E-state index contributed by atoms with van der Waals surface area (Å²) in [6.45, 7) is 2.99. The minimum atomic E-state index is 0.261. The smallest absolute Gasteiger partial charge is 0.0559 e. The summed E-state index contributed by atoms with van der Waals surface area (Å²) in [5.74, 6) is 0. The molecular weight excluding hydrogens is 222 g/mol. The predicted octanol–water partition coefficient (Wildman–Crippen LogP) is 2.74. The van der Waals surface area contributed by atoms with Crippen LogP contribution in [-0.2, 0) is 15.6 Å². The maximum absolute atomic E-state index is 6.13. The van der Waals surface area contributed by atoms with Gasteiger partial charge in [-0.25, -0.2) is 0 Å². The van der Waals surface area contributed by atoms with Gasteiger partial charge in [-0.1, -0.05) is 24.3 Å². The van der Waals surface area contributed by atoms with E-state index in [2.05, 4.69) is 31.2 Å². The van der Waals surface area contributed by atoms with Crippen molar-refractivity contribution in [1.29, 1.82) is 0 Å². The lowest BCUT2D eigenvalue weighted by Crippen LogP contribution is -2.31.